The molecule has 1 aliphatic rings. The minimum Gasteiger partial charge on any atom is -0.352 e. The Labute approximate surface area is 163 Å². The molecule has 2 aromatic heterocycles. The fraction of sp³-hybridized carbons (Fsp3) is 0.381. The van der Waals surface area contributed by atoms with E-state index in [9.17, 15) is 4.79 Å². The molecule has 2 unspecified atom stereocenters. The number of hydrogen-bond acceptors (Lipinski definition) is 5. The van der Waals surface area contributed by atoms with E-state index in [1.807, 2.05) is 31.2 Å². The number of amides is 1. The number of thiophene rings is 1. The summed E-state index contributed by atoms with van der Waals surface area (Å²) in [7, 11) is 0. The van der Waals surface area contributed by atoms with E-state index in [0.717, 1.165) is 42.4 Å². The van der Waals surface area contributed by atoms with Crippen molar-refractivity contribution in [3.05, 3.63) is 52.3 Å². The average molecular weight is 381 g/mol. The van der Waals surface area contributed by atoms with Crippen molar-refractivity contribution in [1.82, 2.24) is 15.3 Å². The Morgan fingerprint density at radius 2 is 2.19 bits per heavy atom. The predicted molar refractivity (Wildman–Crippen MR) is 110 cm³/mol. The second kappa shape index (κ2) is 7.64. The fourth-order valence-electron chi connectivity index (χ4n) is 3.78. The number of anilines is 1. The van der Waals surface area contributed by atoms with E-state index in [1.165, 1.54) is 5.56 Å². The summed E-state index contributed by atoms with van der Waals surface area (Å²) < 4.78 is 0. The first-order valence-corrected chi connectivity index (χ1v) is 10.4. The number of carbonyl (C=O) groups is 1. The van der Waals surface area contributed by atoms with Crippen LogP contribution in [0, 0.1) is 6.92 Å². The monoisotopic (exact) mass is 380 g/mol. The Balaban J connectivity index is 1.51. The number of aromatic nitrogens is 2. The lowest BCUT2D eigenvalue weighted by Crippen LogP contribution is -2.47. The second-order valence-corrected chi connectivity index (χ2v) is 8.00. The molecule has 0 spiro atoms. The molecule has 1 aliphatic heterocycles. The van der Waals surface area contributed by atoms with E-state index in [-0.39, 0.29) is 18.0 Å². The van der Waals surface area contributed by atoms with Crippen LogP contribution < -0.4 is 10.2 Å². The lowest BCUT2D eigenvalue weighted by Gasteiger charge is -2.26. The number of hydrogen-bond donors (Lipinski definition) is 1. The summed E-state index contributed by atoms with van der Waals surface area (Å²) in [6, 6.07) is 10.0. The molecular formula is C21H24N4OS. The van der Waals surface area contributed by atoms with Gasteiger partial charge in [0.1, 0.15) is 6.04 Å². The van der Waals surface area contributed by atoms with Crippen molar-refractivity contribution in [1.29, 1.82) is 0 Å². The molecule has 1 saturated heterocycles. The zero-order chi connectivity index (χ0) is 18.8. The van der Waals surface area contributed by atoms with Crippen molar-refractivity contribution in [2.45, 2.75) is 45.2 Å². The van der Waals surface area contributed by atoms with Crippen LogP contribution in [0.1, 0.15) is 31.0 Å². The average Bonchev–Trinajstić information content (AvgIpc) is 3.33. The van der Waals surface area contributed by atoms with Crippen LogP contribution in [0.15, 0.2) is 41.1 Å². The molecule has 5 nitrogen and oxygen atoms in total. The van der Waals surface area contributed by atoms with Crippen LogP contribution in [0.4, 0.5) is 5.95 Å². The second-order valence-electron chi connectivity index (χ2n) is 7.22. The first-order valence-electron chi connectivity index (χ1n) is 9.43. The Morgan fingerprint density at radius 3 is 3.00 bits per heavy atom. The maximum atomic E-state index is 12.9. The molecule has 3 heterocycles. The highest BCUT2D eigenvalue weighted by Gasteiger charge is 2.33. The largest absolute Gasteiger partial charge is 0.352 e. The van der Waals surface area contributed by atoms with Crippen molar-refractivity contribution in [3.8, 4) is 0 Å². The molecular weight excluding hydrogens is 356 g/mol. The number of fused-ring (bicyclic) bond motifs is 1. The van der Waals surface area contributed by atoms with Gasteiger partial charge in [-0.1, -0.05) is 18.2 Å². The topological polar surface area (TPSA) is 58.1 Å². The molecule has 3 aromatic rings. The lowest BCUT2D eigenvalue weighted by atomic mass is 10.1. The number of benzene rings is 1. The van der Waals surface area contributed by atoms with Gasteiger partial charge in [0.25, 0.3) is 0 Å². The van der Waals surface area contributed by atoms with Gasteiger partial charge in [-0.15, -0.1) is 0 Å². The van der Waals surface area contributed by atoms with Crippen molar-refractivity contribution < 1.29 is 4.79 Å². The van der Waals surface area contributed by atoms with E-state index >= 15 is 0 Å². The summed E-state index contributed by atoms with van der Waals surface area (Å²) in [5, 5.41) is 8.45. The van der Waals surface area contributed by atoms with Crippen LogP contribution in [0.25, 0.3) is 10.9 Å². The number of carbonyl (C=O) groups excluding carboxylic acids is 1. The molecule has 140 valence electrons. The van der Waals surface area contributed by atoms with Gasteiger partial charge in [0.05, 0.1) is 11.2 Å². The highest BCUT2D eigenvalue weighted by molar-refractivity contribution is 7.07. The molecule has 0 saturated carbocycles. The quantitative estimate of drug-likeness (QED) is 0.733. The Morgan fingerprint density at radius 1 is 1.33 bits per heavy atom. The van der Waals surface area contributed by atoms with Gasteiger partial charge in [0.2, 0.25) is 11.9 Å². The lowest BCUT2D eigenvalue weighted by molar-refractivity contribution is -0.122. The molecule has 0 aliphatic carbocycles. The van der Waals surface area contributed by atoms with Gasteiger partial charge < -0.3 is 10.2 Å². The van der Waals surface area contributed by atoms with Gasteiger partial charge in [0.15, 0.2) is 0 Å². The Kier molecular flexibility index (Phi) is 5.07. The van der Waals surface area contributed by atoms with Crippen molar-refractivity contribution in [2.75, 3.05) is 11.4 Å². The van der Waals surface area contributed by atoms with E-state index < -0.39 is 0 Å². The molecule has 0 radical (unpaired) electrons. The SMILES string of the molecule is Cc1nc(N2CCCC2C(=O)NC(C)Cc2ccsc2)nc2ccccc12. The van der Waals surface area contributed by atoms with E-state index in [2.05, 4.69) is 34.0 Å². The Bertz CT molecular complexity index is 941. The predicted octanol–water partition coefficient (Wildman–Crippen LogP) is 3.72. The normalized spacial score (nSPS) is 18.0. The molecule has 6 heteroatoms. The van der Waals surface area contributed by atoms with Crippen LogP contribution in [-0.2, 0) is 11.2 Å². The number of rotatable bonds is 5. The smallest absolute Gasteiger partial charge is 0.243 e. The van der Waals surface area contributed by atoms with Crippen molar-refractivity contribution >= 4 is 34.1 Å². The Hall–Kier alpha value is -2.47. The van der Waals surface area contributed by atoms with E-state index in [1.54, 1.807) is 11.3 Å². The molecule has 1 fully saturated rings. The third kappa shape index (κ3) is 3.81. The van der Waals surface area contributed by atoms with Gasteiger partial charge in [0, 0.05) is 18.0 Å². The highest BCUT2D eigenvalue weighted by Crippen LogP contribution is 2.26. The summed E-state index contributed by atoms with van der Waals surface area (Å²) in [5.74, 6) is 0.735. The summed E-state index contributed by atoms with van der Waals surface area (Å²) in [6.07, 6.45) is 2.67. The number of nitrogens with one attached hydrogen (secondary N) is 1. The van der Waals surface area contributed by atoms with Crippen LogP contribution in [0.3, 0.4) is 0 Å². The number of para-hydroxylation sites is 1. The molecule has 1 amide bonds. The molecule has 0 bridgehead atoms. The van der Waals surface area contributed by atoms with Crippen LogP contribution in [0.5, 0.6) is 0 Å². The molecule has 1 aromatic carbocycles. The minimum absolute atomic E-state index is 0.0737. The summed E-state index contributed by atoms with van der Waals surface area (Å²) in [6.45, 7) is 4.88. The number of aryl methyl sites for hydroxylation is 1. The van der Waals surface area contributed by atoms with Gasteiger partial charge in [-0.2, -0.15) is 11.3 Å². The summed E-state index contributed by atoms with van der Waals surface area (Å²) >= 11 is 1.69. The zero-order valence-electron chi connectivity index (χ0n) is 15.7. The number of nitrogens with zero attached hydrogens (tertiary/aromatic N) is 3. The minimum atomic E-state index is -0.199. The summed E-state index contributed by atoms with van der Waals surface area (Å²) in [5.41, 5.74) is 3.15. The maximum absolute atomic E-state index is 12.9. The fourth-order valence-corrected chi connectivity index (χ4v) is 4.46. The molecule has 4 rings (SSSR count). The van der Waals surface area contributed by atoms with Crippen molar-refractivity contribution in [2.24, 2.45) is 0 Å². The third-order valence-electron chi connectivity index (χ3n) is 5.10. The first kappa shape index (κ1) is 17.9. The van der Waals surface area contributed by atoms with Crippen LogP contribution in [-0.4, -0.2) is 34.5 Å². The summed E-state index contributed by atoms with van der Waals surface area (Å²) in [4.78, 5) is 24.4. The van der Waals surface area contributed by atoms with E-state index in [0.29, 0.717) is 5.95 Å². The van der Waals surface area contributed by atoms with Crippen LogP contribution >= 0.6 is 11.3 Å². The molecule has 27 heavy (non-hydrogen) atoms. The van der Waals surface area contributed by atoms with Crippen molar-refractivity contribution in [3.63, 3.8) is 0 Å². The zero-order valence-corrected chi connectivity index (χ0v) is 16.5. The van der Waals surface area contributed by atoms with Gasteiger partial charge in [-0.25, -0.2) is 9.97 Å². The standard InChI is InChI=1S/C21H24N4OS/c1-14(12-16-9-11-27-13-16)22-20(26)19-8-5-10-25(19)21-23-15(2)17-6-3-4-7-18(17)24-21/h3-4,6-7,9,11,13-14,19H,5,8,10,12H2,1-2H3,(H,22,26). The van der Waals surface area contributed by atoms with Gasteiger partial charge in [-0.3, -0.25) is 4.79 Å². The maximum Gasteiger partial charge on any atom is 0.243 e. The molecule has 1 N–H and O–H groups in total. The third-order valence-corrected chi connectivity index (χ3v) is 5.84. The van der Waals surface area contributed by atoms with Gasteiger partial charge in [-0.05, 0) is 61.6 Å². The highest BCUT2D eigenvalue weighted by atomic mass is 32.1. The van der Waals surface area contributed by atoms with Gasteiger partial charge >= 0.3 is 0 Å². The van der Waals surface area contributed by atoms with E-state index in [4.69, 9.17) is 9.97 Å². The molecule has 2 atom stereocenters. The van der Waals surface area contributed by atoms with Crippen LogP contribution in [0.2, 0.25) is 0 Å². The first-order chi connectivity index (χ1) is 13.1.